The third kappa shape index (κ3) is 4.39. The number of nitrogens with one attached hydrogen (secondary N) is 1. The van der Waals surface area contributed by atoms with Crippen LogP contribution in [-0.4, -0.2) is 20.5 Å². The largest absolute Gasteiger partial charge is 0.416 e. The molecule has 1 aromatic carbocycles. The minimum absolute atomic E-state index is 0.00276. The van der Waals surface area contributed by atoms with Crippen LogP contribution >= 0.6 is 24.0 Å². The molecule has 2 atom stereocenters. The Hall–Kier alpha value is -1.93. The molecule has 1 aliphatic carbocycles. The van der Waals surface area contributed by atoms with E-state index in [0.29, 0.717) is 15.6 Å². The highest BCUT2D eigenvalue weighted by atomic mass is 32.2. The van der Waals surface area contributed by atoms with Gasteiger partial charge in [-0.25, -0.2) is 0 Å². The fourth-order valence-corrected chi connectivity index (χ4v) is 6.04. The first-order valence-electron chi connectivity index (χ1n) is 9.98. The second kappa shape index (κ2) is 8.67. The maximum atomic E-state index is 14.0. The number of thioether (sulfide) groups is 1. The summed E-state index contributed by atoms with van der Waals surface area (Å²) in [5.74, 6) is -0.851. The zero-order valence-electron chi connectivity index (χ0n) is 16.1. The van der Waals surface area contributed by atoms with Crippen LogP contribution in [0.3, 0.4) is 0 Å². The average Bonchev–Trinajstić information content (AvgIpc) is 3.06. The van der Waals surface area contributed by atoms with Gasteiger partial charge in [0.05, 0.1) is 16.5 Å². The van der Waals surface area contributed by atoms with Crippen LogP contribution in [0.5, 0.6) is 0 Å². The molecule has 2 aromatic rings. The van der Waals surface area contributed by atoms with Crippen molar-refractivity contribution in [3.05, 3.63) is 53.7 Å². The Kier molecular flexibility index (Phi) is 6.16. The number of benzene rings is 1. The zero-order chi connectivity index (χ0) is 21.3. The van der Waals surface area contributed by atoms with Gasteiger partial charge in [-0.15, -0.1) is 0 Å². The number of halogens is 3. The number of alkyl halides is 3. The summed E-state index contributed by atoms with van der Waals surface area (Å²) in [6.07, 6.45) is 1.73. The standard InChI is InChI=1S/C22H21F3N2OS2/c23-22(24,25)16-10-9-14(17-8-4-5-11-26-17)12-15(16)18(13-6-2-1-3-7-13)19-20(28)27-21(29)30-19/h4-5,8-13,18-19H,1-3,6-7H2,(H,27,28,29). The van der Waals surface area contributed by atoms with Gasteiger partial charge >= 0.3 is 6.18 Å². The molecule has 158 valence electrons. The van der Waals surface area contributed by atoms with E-state index in [9.17, 15) is 18.0 Å². The van der Waals surface area contributed by atoms with Crippen molar-refractivity contribution in [3.63, 3.8) is 0 Å². The SMILES string of the molecule is O=C1NC(=S)SC1C(c1cc(-c2ccccn2)ccc1C(F)(F)F)C1CCCCC1. The Morgan fingerprint density at radius 1 is 1.13 bits per heavy atom. The Labute approximate surface area is 182 Å². The van der Waals surface area contributed by atoms with Gasteiger partial charge in [0.2, 0.25) is 5.91 Å². The van der Waals surface area contributed by atoms with E-state index in [-0.39, 0.29) is 17.4 Å². The summed E-state index contributed by atoms with van der Waals surface area (Å²) in [7, 11) is 0. The van der Waals surface area contributed by atoms with Crippen molar-refractivity contribution in [2.75, 3.05) is 0 Å². The molecule has 3 nitrogen and oxygen atoms in total. The van der Waals surface area contributed by atoms with Crippen LogP contribution in [0.4, 0.5) is 13.2 Å². The van der Waals surface area contributed by atoms with Gasteiger partial charge in [0.25, 0.3) is 0 Å². The molecule has 2 heterocycles. The summed E-state index contributed by atoms with van der Waals surface area (Å²) in [5.41, 5.74) is 0.721. The first kappa shape index (κ1) is 21.3. The van der Waals surface area contributed by atoms with Crippen molar-refractivity contribution in [3.8, 4) is 11.3 Å². The van der Waals surface area contributed by atoms with Crippen molar-refractivity contribution in [1.29, 1.82) is 0 Å². The Morgan fingerprint density at radius 2 is 1.90 bits per heavy atom. The topological polar surface area (TPSA) is 42.0 Å². The molecule has 2 fully saturated rings. The van der Waals surface area contributed by atoms with Crippen LogP contribution in [0.15, 0.2) is 42.6 Å². The van der Waals surface area contributed by atoms with E-state index in [1.165, 1.54) is 17.8 Å². The van der Waals surface area contributed by atoms with Crippen LogP contribution in [0.1, 0.15) is 49.1 Å². The lowest BCUT2D eigenvalue weighted by molar-refractivity contribution is -0.138. The van der Waals surface area contributed by atoms with Gasteiger partial charge in [-0.2, -0.15) is 13.2 Å². The Morgan fingerprint density at radius 3 is 2.50 bits per heavy atom. The second-order valence-corrected chi connectivity index (χ2v) is 9.57. The van der Waals surface area contributed by atoms with Crippen LogP contribution in [-0.2, 0) is 11.0 Å². The number of amides is 1. The normalized spacial score (nSPS) is 21.5. The lowest BCUT2D eigenvalue weighted by Gasteiger charge is -2.34. The minimum atomic E-state index is -4.51. The predicted octanol–water partition coefficient (Wildman–Crippen LogP) is 5.95. The van der Waals surface area contributed by atoms with Gasteiger partial charge in [0.15, 0.2) is 0 Å². The van der Waals surface area contributed by atoms with E-state index in [2.05, 4.69) is 10.3 Å². The predicted molar refractivity (Wildman–Crippen MR) is 116 cm³/mol. The quantitative estimate of drug-likeness (QED) is 0.585. The number of aromatic nitrogens is 1. The molecule has 2 unspecified atom stereocenters. The van der Waals surface area contributed by atoms with Crippen molar-refractivity contribution >= 4 is 34.2 Å². The van der Waals surface area contributed by atoms with Crippen LogP contribution in [0, 0.1) is 5.92 Å². The van der Waals surface area contributed by atoms with E-state index in [1.807, 2.05) is 0 Å². The number of thiocarbonyl (C=S) groups is 1. The number of nitrogens with zero attached hydrogens (tertiary/aromatic N) is 1. The smallest absolute Gasteiger partial charge is 0.311 e. The molecule has 4 rings (SSSR count). The third-order valence-electron chi connectivity index (χ3n) is 5.88. The second-order valence-electron chi connectivity index (χ2n) is 7.75. The van der Waals surface area contributed by atoms with Gasteiger partial charge < -0.3 is 5.32 Å². The summed E-state index contributed by atoms with van der Waals surface area (Å²) < 4.78 is 42.4. The minimum Gasteiger partial charge on any atom is -0.311 e. The van der Waals surface area contributed by atoms with E-state index >= 15 is 0 Å². The van der Waals surface area contributed by atoms with Crippen LogP contribution in [0.2, 0.25) is 0 Å². The highest BCUT2D eigenvalue weighted by molar-refractivity contribution is 8.24. The summed E-state index contributed by atoms with van der Waals surface area (Å²) in [6.45, 7) is 0. The summed E-state index contributed by atoms with van der Waals surface area (Å²) >= 11 is 6.33. The lowest BCUT2D eigenvalue weighted by atomic mass is 9.73. The first-order valence-corrected chi connectivity index (χ1v) is 11.3. The number of rotatable bonds is 4. The summed E-state index contributed by atoms with van der Waals surface area (Å²) in [5, 5.41) is 1.97. The fourth-order valence-electron chi connectivity index (χ4n) is 4.55. The van der Waals surface area contributed by atoms with Gasteiger partial charge in [-0.05, 0) is 48.6 Å². The first-order chi connectivity index (χ1) is 14.3. The summed E-state index contributed by atoms with van der Waals surface area (Å²) in [6, 6.07) is 9.51. The fraction of sp³-hybridized carbons (Fsp3) is 0.409. The molecular formula is C22H21F3N2OS2. The monoisotopic (exact) mass is 450 g/mol. The maximum absolute atomic E-state index is 14.0. The van der Waals surface area contributed by atoms with Crippen molar-refractivity contribution in [2.45, 2.75) is 49.4 Å². The molecule has 1 saturated carbocycles. The summed E-state index contributed by atoms with van der Waals surface area (Å²) in [4.78, 5) is 16.9. The van der Waals surface area contributed by atoms with Crippen molar-refractivity contribution < 1.29 is 18.0 Å². The number of hydrogen-bond acceptors (Lipinski definition) is 4. The molecule has 8 heteroatoms. The third-order valence-corrected chi connectivity index (χ3v) is 7.35. The molecule has 2 aliphatic rings. The van der Waals surface area contributed by atoms with Gasteiger partial charge in [0.1, 0.15) is 4.32 Å². The molecule has 1 N–H and O–H groups in total. The van der Waals surface area contributed by atoms with Crippen molar-refractivity contribution in [1.82, 2.24) is 10.3 Å². The molecule has 1 aliphatic heterocycles. The molecule has 30 heavy (non-hydrogen) atoms. The van der Waals surface area contributed by atoms with Crippen LogP contribution in [0.25, 0.3) is 11.3 Å². The van der Waals surface area contributed by atoms with Crippen LogP contribution < -0.4 is 5.32 Å². The highest BCUT2D eigenvalue weighted by Gasteiger charge is 2.45. The number of pyridine rings is 1. The lowest BCUT2D eigenvalue weighted by Crippen LogP contribution is -2.34. The maximum Gasteiger partial charge on any atom is 0.416 e. The molecule has 1 amide bonds. The Bertz CT molecular complexity index is 943. The van der Waals surface area contributed by atoms with E-state index < -0.39 is 22.9 Å². The van der Waals surface area contributed by atoms with Gasteiger partial charge in [0, 0.05) is 17.7 Å². The van der Waals surface area contributed by atoms with E-state index in [0.717, 1.165) is 38.2 Å². The molecule has 0 bridgehead atoms. The van der Waals surface area contributed by atoms with Crippen molar-refractivity contribution in [2.24, 2.45) is 5.92 Å². The number of carbonyl (C=O) groups excluding carboxylic acids is 1. The Balaban J connectivity index is 1.87. The van der Waals surface area contributed by atoms with E-state index in [1.54, 1.807) is 30.5 Å². The molecular weight excluding hydrogens is 429 g/mol. The number of hydrogen-bond donors (Lipinski definition) is 1. The average molecular weight is 451 g/mol. The molecule has 0 radical (unpaired) electrons. The van der Waals surface area contributed by atoms with E-state index in [4.69, 9.17) is 12.2 Å². The highest BCUT2D eigenvalue weighted by Crippen LogP contribution is 2.48. The molecule has 1 saturated heterocycles. The number of carbonyl (C=O) groups is 1. The zero-order valence-corrected chi connectivity index (χ0v) is 17.7. The molecule has 1 aromatic heterocycles. The molecule has 0 spiro atoms. The van der Waals surface area contributed by atoms with Gasteiger partial charge in [-0.1, -0.05) is 55.4 Å². The van der Waals surface area contributed by atoms with Gasteiger partial charge in [-0.3, -0.25) is 9.78 Å².